The van der Waals surface area contributed by atoms with E-state index in [1.165, 1.54) is 0 Å². The van der Waals surface area contributed by atoms with E-state index >= 15 is 0 Å². The first-order valence-corrected chi connectivity index (χ1v) is 6.92. The second-order valence-electron chi connectivity index (χ2n) is 5.60. The lowest BCUT2D eigenvalue weighted by atomic mass is 9.90. The highest BCUT2D eigenvalue weighted by molar-refractivity contribution is 6.08. The minimum Gasteiger partial charge on any atom is -0.480 e. The monoisotopic (exact) mass is 270 g/mol. The third-order valence-corrected chi connectivity index (χ3v) is 3.19. The van der Waals surface area contributed by atoms with Gasteiger partial charge < -0.3 is 21.3 Å². The first kappa shape index (κ1) is 18.4. The molecule has 1 unspecified atom stereocenters. The Morgan fingerprint density at radius 2 is 2.05 bits per heavy atom. The summed E-state index contributed by atoms with van der Waals surface area (Å²) >= 11 is 0. The van der Waals surface area contributed by atoms with Gasteiger partial charge in [-0.25, -0.2) is 0 Å². The smallest absolute Gasteiger partial charge is 0.325 e. The normalized spacial score (nSPS) is 16.3. The molecule has 0 spiro atoms. The molecule has 2 atom stereocenters. The molecule has 0 aliphatic carbocycles. The van der Waals surface area contributed by atoms with E-state index in [0.29, 0.717) is 25.1 Å². The molecule has 0 aliphatic rings. The Hall–Kier alpha value is -0.585. The number of hydrogen-bond donors (Lipinski definition) is 4. The average molecular weight is 270 g/mol. The fraction of sp³-hybridized carbons (Fsp3) is 0.923. The van der Waals surface area contributed by atoms with Crippen LogP contribution in [-0.4, -0.2) is 48.8 Å². The van der Waals surface area contributed by atoms with Crippen molar-refractivity contribution in [2.75, 3.05) is 13.2 Å². The SMILES string of the molecule is [B]CCCCC(N)(CN[C@H](CO)CC(C)C)C(=O)O. The molecule has 0 heterocycles. The van der Waals surface area contributed by atoms with E-state index in [0.717, 1.165) is 12.8 Å². The minimum absolute atomic E-state index is 0.0172. The first-order chi connectivity index (χ1) is 8.85. The molecule has 0 rings (SSSR count). The van der Waals surface area contributed by atoms with Gasteiger partial charge in [0.15, 0.2) is 0 Å². The summed E-state index contributed by atoms with van der Waals surface area (Å²) in [6, 6.07) is -0.114. The minimum atomic E-state index is -1.29. The van der Waals surface area contributed by atoms with E-state index in [2.05, 4.69) is 19.2 Å². The van der Waals surface area contributed by atoms with Gasteiger partial charge >= 0.3 is 5.97 Å². The van der Waals surface area contributed by atoms with Gasteiger partial charge in [0.2, 0.25) is 0 Å². The summed E-state index contributed by atoms with van der Waals surface area (Å²) in [5, 5.41) is 21.6. The molecule has 0 bridgehead atoms. The molecule has 2 radical (unpaired) electrons. The van der Waals surface area contributed by atoms with Crippen molar-refractivity contribution in [3.05, 3.63) is 0 Å². The number of aliphatic hydroxyl groups is 1. The number of nitrogens with one attached hydrogen (secondary N) is 1. The lowest BCUT2D eigenvalue weighted by Crippen LogP contribution is -2.57. The number of rotatable bonds is 11. The summed E-state index contributed by atoms with van der Waals surface area (Å²) in [6.07, 6.45) is 3.16. The van der Waals surface area contributed by atoms with Gasteiger partial charge in [-0.3, -0.25) is 4.79 Å². The zero-order chi connectivity index (χ0) is 14.9. The van der Waals surface area contributed by atoms with Crippen LogP contribution in [0.3, 0.4) is 0 Å². The first-order valence-electron chi connectivity index (χ1n) is 6.92. The quantitative estimate of drug-likeness (QED) is 0.324. The van der Waals surface area contributed by atoms with Crippen molar-refractivity contribution in [2.24, 2.45) is 11.7 Å². The molecule has 110 valence electrons. The van der Waals surface area contributed by atoms with Crippen LogP contribution < -0.4 is 11.1 Å². The molecule has 0 aliphatic heterocycles. The molecule has 6 heteroatoms. The fourth-order valence-electron chi connectivity index (χ4n) is 1.97. The highest BCUT2D eigenvalue weighted by atomic mass is 16.4. The van der Waals surface area contributed by atoms with Crippen molar-refractivity contribution in [3.63, 3.8) is 0 Å². The highest BCUT2D eigenvalue weighted by Gasteiger charge is 2.33. The molecule has 0 fully saturated rings. The largest absolute Gasteiger partial charge is 0.480 e. The summed E-state index contributed by atoms with van der Waals surface area (Å²) < 4.78 is 0. The summed E-state index contributed by atoms with van der Waals surface area (Å²) in [7, 11) is 5.40. The van der Waals surface area contributed by atoms with Crippen LogP contribution in [0.15, 0.2) is 0 Å². The number of carbonyl (C=O) groups is 1. The number of carboxylic acids is 1. The van der Waals surface area contributed by atoms with Gasteiger partial charge in [-0.2, -0.15) is 0 Å². The van der Waals surface area contributed by atoms with Crippen LogP contribution in [0.5, 0.6) is 0 Å². The molecule has 0 saturated heterocycles. The van der Waals surface area contributed by atoms with Crippen LogP contribution in [0, 0.1) is 5.92 Å². The Morgan fingerprint density at radius 1 is 1.42 bits per heavy atom. The predicted octanol–water partition coefficient (Wildman–Crippen LogP) is 0.522. The Bertz CT molecular complexity index is 264. The van der Waals surface area contributed by atoms with Gasteiger partial charge in [0.25, 0.3) is 0 Å². The van der Waals surface area contributed by atoms with Crippen LogP contribution in [-0.2, 0) is 4.79 Å². The van der Waals surface area contributed by atoms with E-state index in [1.807, 2.05) is 0 Å². The van der Waals surface area contributed by atoms with Gasteiger partial charge in [0.05, 0.1) is 14.5 Å². The molecular formula is C13H27BN2O3. The molecule has 0 aromatic rings. The molecule has 5 N–H and O–H groups in total. The second-order valence-corrected chi connectivity index (χ2v) is 5.60. The van der Waals surface area contributed by atoms with Crippen molar-refractivity contribution in [2.45, 2.75) is 57.4 Å². The van der Waals surface area contributed by atoms with Crippen LogP contribution in [0.2, 0.25) is 6.32 Å². The van der Waals surface area contributed by atoms with E-state index in [1.54, 1.807) is 0 Å². The topological polar surface area (TPSA) is 95.6 Å². The molecular weight excluding hydrogens is 243 g/mol. The van der Waals surface area contributed by atoms with Gasteiger partial charge in [-0.05, 0) is 18.8 Å². The number of carboxylic acid groups (broad SMARTS) is 1. The summed E-state index contributed by atoms with van der Waals surface area (Å²) in [5.74, 6) is -0.586. The van der Waals surface area contributed by atoms with E-state index in [9.17, 15) is 15.0 Å². The Balaban J connectivity index is 4.36. The Labute approximate surface area is 117 Å². The van der Waals surface area contributed by atoms with Crippen LogP contribution in [0.4, 0.5) is 0 Å². The van der Waals surface area contributed by atoms with Crippen LogP contribution >= 0.6 is 0 Å². The van der Waals surface area contributed by atoms with Crippen molar-refractivity contribution in [3.8, 4) is 0 Å². The molecule has 0 aromatic carbocycles. The molecule has 19 heavy (non-hydrogen) atoms. The van der Waals surface area contributed by atoms with E-state index in [4.69, 9.17) is 13.6 Å². The highest BCUT2D eigenvalue weighted by Crippen LogP contribution is 2.13. The molecule has 5 nitrogen and oxygen atoms in total. The third kappa shape index (κ3) is 7.55. The maximum absolute atomic E-state index is 11.3. The number of hydrogen-bond acceptors (Lipinski definition) is 4. The van der Waals surface area contributed by atoms with E-state index in [-0.39, 0.29) is 19.2 Å². The third-order valence-electron chi connectivity index (χ3n) is 3.19. The zero-order valence-electron chi connectivity index (χ0n) is 12.1. The van der Waals surface area contributed by atoms with Crippen molar-refractivity contribution < 1.29 is 15.0 Å². The maximum atomic E-state index is 11.3. The molecule has 0 saturated carbocycles. The lowest BCUT2D eigenvalue weighted by Gasteiger charge is -2.28. The standard InChI is InChI=1S/C13H27BN2O3/c1-10(2)7-11(8-17)16-9-13(15,12(18)19)5-3-4-6-14/h10-11,16-17H,3-9,15H2,1-2H3,(H,18,19)/t11-,13?/m0/s1. The lowest BCUT2D eigenvalue weighted by molar-refractivity contribution is -0.143. The Morgan fingerprint density at radius 3 is 2.47 bits per heavy atom. The number of unbranched alkanes of at least 4 members (excludes halogenated alkanes) is 1. The number of aliphatic carboxylic acids is 1. The number of nitrogens with two attached hydrogens (primary N) is 1. The molecule has 0 amide bonds. The second kappa shape index (κ2) is 9.34. The van der Waals surface area contributed by atoms with Gasteiger partial charge in [0.1, 0.15) is 5.54 Å². The summed E-state index contributed by atoms with van der Waals surface area (Å²) in [5.41, 5.74) is 4.64. The van der Waals surface area contributed by atoms with Crippen molar-refractivity contribution >= 4 is 13.8 Å². The summed E-state index contributed by atoms with van der Waals surface area (Å²) in [6.45, 7) is 4.25. The molecule has 0 aromatic heterocycles. The summed E-state index contributed by atoms with van der Waals surface area (Å²) in [4.78, 5) is 11.3. The van der Waals surface area contributed by atoms with E-state index < -0.39 is 11.5 Å². The fourth-order valence-corrected chi connectivity index (χ4v) is 1.97. The zero-order valence-corrected chi connectivity index (χ0v) is 12.1. The van der Waals surface area contributed by atoms with Crippen molar-refractivity contribution in [1.82, 2.24) is 5.32 Å². The predicted molar refractivity (Wildman–Crippen MR) is 77.3 cm³/mol. The van der Waals surface area contributed by atoms with Crippen LogP contribution in [0.1, 0.15) is 39.5 Å². The van der Waals surface area contributed by atoms with Crippen molar-refractivity contribution in [1.29, 1.82) is 0 Å². The number of aliphatic hydroxyl groups excluding tert-OH is 1. The average Bonchev–Trinajstić information content (AvgIpc) is 2.34. The maximum Gasteiger partial charge on any atom is 0.325 e. The van der Waals surface area contributed by atoms with Crippen LogP contribution in [0.25, 0.3) is 0 Å². The van der Waals surface area contributed by atoms with Gasteiger partial charge in [-0.15, -0.1) is 0 Å². The Kier molecular flexibility index (Phi) is 9.05. The van der Waals surface area contributed by atoms with Gasteiger partial charge in [-0.1, -0.05) is 33.0 Å². The van der Waals surface area contributed by atoms with Gasteiger partial charge in [0, 0.05) is 12.6 Å².